The molecule has 5 nitrogen and oxygen atoms in total. The van der Waals surface area contributed by atoms with Gasteiger partial charge in [-0.05, 0) is 55.7 Å². The van der Waals surface area contributed by atoms with Gasteiger partial charge in [0.25, 0.3) is 0 Å². The van der Waals surface area contributed by atoms with E-state index in [0.29, 0.717) is 15.6 Å². The zero-order chi connectivity index (χ0) is 20.9. The Balaban J connectivity index is 1.64. The number of hydrogen-bond acceptors (Lipinski definition) is 6. The van der Waals surface area contributed by atoms with Crippen molar-refractivity contribution < 1.29 is 14.6 Å². The van der Waals surface area contributed by atoms with Crippen molar-refractivity contribution in [3.63, 3.8) is 0 Å². The highest BCUT2D eigenvalue weighted by Gasteiger charge is 2.33. The summed E-state index contributed by atoms with van der Waals surface area (Å²) in [6.07, 6.45) is 4.35. The molecule has 0 aromatic heterocycles. The minimum atomic E-state index is -0.565. The number of carbonyl (C=O) groups excluding carboxylic acids is 1. The van der Waals surface area contributed by atoms with Crippen molar-refractivity contribution in [1.82, 2.24) is 0 Å². The number of rotatable bonds is 5. The minimum Gasteiger partial charge on any atom is -0.506 e. The van der Waals surface area contributed by atoms with Crippen molar-refractivity contribution in [2.24, 2.45) is 4.99 Å². The second-order valence-corrected chi connectivity index (χ2v) is 8.12. The monoisotopic (exact) mass is 420 g/mol. The normalized spacial score (nSPS) is 19.2. The molecule has 2 aromatic rings. The Labute approximate surface area is 180 Å². The van der Waals surface area contributed by atoms with E-state index in [1.165, 1.54) is 30.3 Å². The van der Waals surface area contributed by atoms with Gasteiger partial charge < -0.3 is 14.7 Å². The topological polar surface area (TPSA) is 62.1 Å². The summed E-state index contributed by atoms with van der Waals surface area (Å²) in [6.45, 7) is 4.17. The van der Waals surface area contributed by atoms with Crippen molar-refractivity contribution in [2.75, 3.05) is 24.6 Å². The molecule has 0 spiro atoms. The lowest BCUT2D eigenvalue weighted by Gasteiger charge is -2.17. The van der Waals surface area contributed by atoms with E-state index >= 15 is 0 Å². The maximum atomic E-state index is 12.5. The number of benzene rings is 2. The average Bonchev–Trinajstić information content (AvgIpc) is 3.39. The molecule has 0 amide bonds. The number of esters is 1. The Hall–Kier alpha value is -2.99. The maximum absolute atomic E-state index is 12.5. The molecule has 1 fully saturated rings. The number of anilines is 1. The van der Waals surface area contributed by atoms with Crippen LogP contribution in [0.2, 0.25) is 0 Å². The van der Waals surface area contributed by atoms with Crippen molar-refractivity contribution in [1.29, 1.82) is 0 Å². The number of para-hydroxylation sites is 1. The SMILES string of the molecule is CCOC(=O)C1=C(O)/C(=C/c2ccc(N3CCCC3)cc2)SC1=Nc1ccccc1. The predicted octanol–water partition coefficient (Wildman–Crippen LogP) is 5.48. The molecule has 0 radical (unpaired) electrons. The quantitative estimate of drug-likeness (QED) is 0.649. The van der Waals surface area contributed by atoms with E-state index in [1.807, 2.05) is 48.5 Å². The van der Waals surface area contributed by atoms with Gasteiger partial charge in [-0.15, -0.1) is 0 Å². The summed E-state index contributed by atoms with van der Waals surface area (Å²) in [7, 11) is 0. The molecule has 0 aliphatic carbocycles. The highest BCUT2D eigenvalue weighted by atomic mass is 32.2. The fourth-order valence-electron chi connectivity index (χ4n) is 3.52. The third-order valence-corrected chi connectivity index (χ3v) is 6.04. The molecule has 4 rings (SSSR count). The van der Waals surface area contributed by atoms with Crippen LogP contribution >= 0.6 is 11.8 Å². The predicted molar refractivity (Wildman–Crippen MR) is 123 cm³/mol. The highest BCUT2D eigenvalue weighted by molar-refractivity contribution is 8.18. The summed E-state index contributed by atoms with van der Waals surface area (Å²) < 4.78 is 5.15. The summed E-state index contributed by atoms with van der Waals surface area (Å²) in [4.78, 5) is 20.0. The first-order valence-corrected chi connectivity index (χ1v) is 11.0. The Morgan fingerprint density at radius 2 is 1.83 bits per heavy atom. The number of aliphatic hydroxyl groups is 1. The molecule has 2 aliphatic rings. The molecule has 1 saturated heterocycles. The summed E-state index contributed by atoms with van der Waals surface area (Å²) >= 11 is 1.28. The number of hydrogen-bond donors (Lipinski definition) is 1. The number of thioether (sulfide) groups is 1. The number of aliphatic imine (C=N–C) groups is 1. The second kappa shape index (κ2) is 9.22. The summed E-state index contributed by atoms with van der Waals surface area (Å²) in [5.41, 5.74) is 3.00. The van der Waals surface area contributed by atoms with E-state index in [2.05, 4.69) is 22.0 Å². The first-order chi connectivity index (χ1) is 14.7. The van der Waals surface area contributed by atoms with Gasteiger partial charge in [0.2, 0.25) is 0 Å². The molecule has 0 unspecified atom stereocenters. The molecule has 0 atom stereocenters. The van der Waals surface area contributed by atoms with Crippen LogP contribution in [-0.2, 0) is 9.53 Å². The average molecular weight is 421 g/mol. The second-order valence-electron chi connectivity index (χ2n) is 7.09. The molecule has 2 aromatic carbocycles. The van der Waals surface area contributed by atoms with Crippen LogP contribution in [0.3, 0.4) is 0 Å². The van der Waals surface area contributed by atoms with Gasteiger partial charge >= 0.3 is 5.97 Å². The van der Waals surface area contributed by atoms with Crippen LogP contribution in [0, 0.1) is 0 Å². The fourth-order valence-corrected chi connectivity index (χ4v) is 4.55. The Morgan fingerprint density at radius 3 is 2.50 bits per heavy atom. The zero-order valence-corrected chi connectivity index (χ0v) is 17.7. The Kier molecular flexibility index (Phi) is 6.23. The standard InChI is InChI=1S/C24H24N2O3S/c1-2-29-24(28)21-22(27)20(30-23(21)25-18-8-4-3-5-9-18)16-17-10-12-19(13-11-17)26-14-6-7-15-26/h3-5,8-13,16,27H,2,6-7,14-15H2,1H3/b20-16-,25-23?. The van der Waals surface area contributed by atoms with Crippen molar-refractivity contribution in [2.45, 2.75) is 19.8 Å². The van der Waals surface area contributed by atoms with E-state index in [9.17, 15) is 9.90 Å². The zero-order valence-electron chi connectivity index (χ0n) is 16.9. The van der Waals surface area contributed by atoms with Gasteiger partial charge in [-0.25, -0.2) is 9.79 Å². The van der Waals surface area contributed by atoms with Crippen LogP contribution < -0.4 is 4.90 Å². The van der Waals surface area contributed by atoms with Gasteiger partial charge in [0.1, 0.15) is 16.4 Å². The van der Waals surface area contributed by atoms with E-state index in [1.54, 1.807) is 6.92 Å². The van der Waals surface area contributed by atoms with Gasteiger partial charge in [0, 0.05) is 18.8 Å². The van der Waals surface area contributed by atoms with Crippen LogP contribution in [0.1, 0.15) is 25.3 Å². The summed E-state index contributed by atoms with van der Waals surface area (Å²) in [5.74, 6) is -0.651. The molecule has 0 bridgehead atoms. The first kappa shape index (κ1) is 20.3. The Bertz CT molecular complexity index is 1000. The maximum Gasteiger partial charge on any atom is 0.344 e. The summed E-state index contributed by atoms with van der Waals surface area (Å²) in [5, 5.41) is 11.2. The lowest BCUT2D eigenvalue weighted by molar-refractivity contribution is -0.138. The third-order valence-electron chi connectivity index (χ3n) is 5.02. The number of aliphatic hydroxyl groups excluding tert-OH is 1. The largest absolute Gasteiger partial charge is 0.506 e. The lowest BCUT2D eigenvalue weighted by Crippen LogP contribution is -2.17. The molecule has 2 aliphatic heterocycles. The number of nitrogens with zero attached hydrogens (tertiary/aromatic N) is 2. The number of carbonyl (C=O) groups is 1. The molecule has 0 saturated carbocycles. The fraction of sp³-hybridized carbons (Fsp3) is 0.250. The Morgan fingerprint density at radius 1 is 1.13 bits per heavy atom. The van der Waals surface area contributed by atoms with Crippen LogP contribution in [0.15, 0.2) is 75.8 Å². The van der Waals surface area contributed by atoms with Gasteiger partial charge in [-0.1, -0.05) is 42.1 Å². The van der Waals surface area contributed by atoms with Gasteiger partial charge in [0.15, 0.2) is 0 Å². The van der Waals surface area contributed by atoms with Gasteiger partial charge in [-0.2, -0.15) is 0 Å². The molecule has 30 heavy (non-hydrogen) atoms. The molecular weight excluding hydrogens is 396 g/mol. The molecule has 2 heterocycles. The van der Waals surface area contributed by atoms with Gasteiger partial charge in [0.05, 0.1) is 17.2 Å². The van der Waals surface area contributed by atoms with Crippen molar-refractivity contribution >= 4 is 40.2 Å². The molecule has 1 N–H and O–H groups in total. The van der Waals surface area contributed by atoms with Crippen LogP contribution in [-0.4, -0.2) is 35.8 Å². The summed E-state index contributed by atoms with van der Waals surface area (Å²) in [6, 6.07) is 17.6. The van der Waals surface area contributed by atoms with E-state index in [-0.39, 0.29) is 17.9 Å². The van der Waals surface area contributed by atoms with Crippen molar-refractivity contribution in [3.05, 3.63) is 76.4 Å². The van der Waals surface area contributed by atoms with Crippen LogP contribution in [0.25, 0.3) is 6.08 Å². The van der Waals surface area contributed by atoms with Crippen molar-refractivity contribution in [3.8, 4) is 0 Å². The third kappa shape index (κ3) is 4.44. The smallest absolute Gasteiger partial charge is 0.344 e. The van der Waals surface area contributed by atoms with E-state index < -0.39 is 5.97 Å². The van der Waals surface area contributed by atoms with E-state index in [0.717, 1.165) is 18.7 Å². The minimum absolute atomic E-state index is 0.0863. The number of ether oxygens (including phenoxy) is 1. The lowest BCUT2D eigenvalue weighted by atomic mass is 10.1. The highest BCUT2D eigenvalue weighted by Crippen LogP contribution is 2.40. The van der Waals surface area contributed by atoms with Crippen LogP contribution in [0.5, 0.6) is 0 Å². The first-order valence-electron chi connectivity index (χ1n) is 10.1. The van der Waals surface area contributed by atoms with Gasteiger partial charge in [-0.3, -0.25) is 0 Å². The molecule has 154 valence electrons. The molecule has 6 heteroatoms. The molecular formula is C24H24N2O3S. The van der Waals surface area contributed by atoms with E-state index in [4.69, 9.17) is 4.74 Å². The van der Waals surface area contributed by atoms with Crippen LogP contribution in [0.4, 0.5) is 11.4 Å².